The average molecular weight is 344 g/mol. The highest BCUT2D eigenvalue weighted by atomic mass is 32.2. The van der Waals surface area contributed by atoms with Gasteiger partial charge in [-0.2, -0.15) is 5.26 Å². The Bertz CT molecular complexity index is 807. The third-order valence-corrected chi connectivity index (χ3v) is 5.31. The topological polar surface area (TPSA) is 70.4 Å². The summed E-state index contributed by atoms with van der Waals surface area (Å²) in [6.45, 7) is 4.42. The van der Waals surface area contributed by atoms with Crippen molar-refractivity contribution in [2.24, 2.45) is 0 Å². The molecule has 0 bridgehead atoms. The number of ether oxygens (including phenoxy) is 1. The Morgan fingerprint density at radius 1 is 1.08 bits per heavy atom. The molecule has 0 aliphatic carbocycles. The van der Waals surface area contributed by atoms with Gasteiger partial charge >= 0.3 is 0 Å². The molecule has 5 nitrogen and oxygen atoms in total. The molecule has 0 heterocycles. The molecule has 6 heteroatoms. The van der Waals surface area contributed by atoms with Gasteiger partial charge in [-0.3, -0.25) is 4.31 Å². The van der Waals surface area contributed by atoms with Crippen molar-refractivity contribution in [2.45, 2.75) is 25.2 Å². The van der Waals surface area contributed by atoms with E-state index >= 15 is 0 Å². The maximum absolute atomic E-state index is 12.9. The van der Waals surface area contributed by atoms with Crippen LogP contribution in [-0.4, -0.2) is 21.6 Å². The number of benzene rings is 2. The zero-order valence-electron chi connectivity index (χ0n) is 13.8. The summed E-state index contributed by atoms with van der Waals surface area (Å²) in [6, 6.07) is 15.5. The van der Waals surface area contributed by atoms with Crippen molar-refractivity contribution in [2.75, 3.05) is 17.5 Å². The maximum Gasteiger partial charge on any atom is 0.264 e. The van der Waals surface area contributed by atoms with Crippen LogP contribution in [0.1, 0.15) is 18.9 Å². The molecule has 0 saturated carbocycles. The summed E-state index contributed by atoms with van der Waals surface area (Å²) >= 11 is 0. The lowest BCUT2D eigenvalue weighted by atomic mass is 10.2. The monoisotopic (exact) mass is 344 g/mol. The van der Waals surface area contributed by atoms with Crippen molar-refractivity contribution < 1.29 is 13.2 Å². The number of aryl methyl sites for hydroxylation is 1. The summed E-state index contributed by atoms with van der Waals surface area (Å²) in [7, 11) is -3.73. The molecule has 0 N–H and O–H groups in total. The molecular formula is C18H20N2O3S. The lowest BCUT2D eigenvalue weighted by molar-refractivity contribution is 0.340. The maximum atomic E-state index is 12.9. The van der Waals surface area contributed by atoms with Gasteiger partial charge in [0.1, 0.15) is 5.75 Å². The fraction of sp³-hybridized carbons (Fsp3) is 0.278. The van der Waals surface area contributed by atoms with Crippen LogP contribution in [0.3, 0.4) is 0 Å². The third-order valence-electron chi connectivity index (χ3n) is 3.47. The Balaban J connectivity index is 2.40. The van der Waals surface area contributed by atoms with Gasteiger partial charge in [0.05, 0.1) is 29.7 Å². The minimum absolute atomic E-state index is 0.0979. The smallest absolute Gasteiger partial charge is 0.264 e. The minimum atomic E-state index is -3.73. The van der Waals surface area contributed by atoms with E-state index in [9.17, 15) is 8.42 Å². The number of hydrogen-bond donors (Lipinski definition) is 0. The van der Waals surface area contributed by atoms with Gasteiger partial charge in [0.15, 0.2) is 0 Å². The van der Waals surface area contributed by atoms with Gasteiger partial charge in [0, 0.05) is 6.54 Å². The second kappa shape index (κ2) is 7.84. The van der Waals surface area contributed by atoms with Crippen molar-refractivity contribution in [3.63, 3.8) is 0 Å². The Labute approximate surface area is 143 Å². The highest BCUT2D eigenvalue weighted by Gasteiger charge is 2.24. The molecule has 0 saturated heterocycles. The van der Waals surface area contributed by atoms with Crippen molar-refractivity contribution in [1.82, 2.24) is 0 Å². The zero-order chi connectivity index (χ0) is 17.6. The molecule has 0 amide bonds. The summed E-state index contributed by atoms with van der Waals surface area (Å²) in [4.78, 5) is 0.208. The van der Waals surface area contributed by atoms with E-state index in [0.717, 1.165) is 5.56 Å². The van der Waals surface area contributed by atoms with Crippen molar-refractivity contribution in [3.05, 3.63) is 54.1 Å². The zero-order valence-corrected chi connectivity index (χ0v) is 14.6. The van der Waals surface area contributed by atoms with E-state index in [2.05, 4.69) is 0 Å². The van der Waals surface area contributed by atoms with Crippen LogP contribution in [0.2, 0.25) is 0 Å². The first-order valence-electron chi connectivity index (χ1n) is 7.68. The highest BCUT2D eigenvalue weighted by Crippen LogP contribution is 2.26. The van der Waals surface area contributed by atoms with Crippen molar-refractivity contribution >= 4 is 15.7 Å². The fourth-order valence-electron chi connectivity index (χ4n) is 2.25. The standard InChI is InChI=1S/C18H20N2O3S/c1-3-23-17-9-7-16(8-10-17)20(14-4-13-19)24(21,22)18-11-5-15(2)6-12-18/h5-12H,3-4,14H2,1-2H3. The van der Waals surface area contributed by atoms with Crippen LogP contribution in [0.15, 0.2) is 53.4 Å². The molecule has 2 aromatic rings. The van der Waals surface area contributed by atoms with Crippen LogP contribution < -0.4 is 9.04 Å². The molecule has 0 unspecified atom stereocenters. The molecule has 0 atom stereocenters. The second-order valence-corrected chi connectivity index (χ2v) is 7.09. The normalized spacial score (nSPS) is 10.9. The quantitative estimate of drug-likeness (QED) is 0.771. The summed E-state index contributed by atoms with van der Waals surface area (Å²) < 4.78 is 32.5. The fourth-order valence-corrected chi connectivity index (χ4v) is 3.72. The lowest BCUT2D eigenvalue weighted by Gasteiger charge is -2.24. The van der Waals surface area contributed by atoms with E-state index in [-0.39, 0.29) is 17.9 Å². The number of hydrogen-bond acceptors (Lipinski definition) is 4. The largest absolute Gasteiger partial charge is 0.494 e. The molecule has 2 rings (SSSR count). The van der Waals surface area contributed by atoms with Crippen LogP contribution in [0.25, 0.3) is 0 Å². The minimum Gasteiger partial charge on any atom is -0.494 e. The van der Waals surface area contributed by atoms with E-state index in [1.165, 1.54) is 4.31 Å². The SMILES string of the molecule is CCOc1ccc(N(CCC#N)S(=O)(=O)c2ccc(C)cc2)cc1. The summed E-state index contributed by atoms with van der Waals surface area (Å²) in [5.74, 6) is 0.675. The molecule has 0 spiro atoms. The molecule has 126 valence electrons. The van der Waals surface area contributed by atoms with Gasteiger partial charge in [-0.15, -0.1) is 0 Å². The molecular weight excluding hydrogens is 324 g/mol. The molecule has 0 radical (unpaired) electrons. The van der Waals surface area contributed by atoms with E-state index in [4.69, 9.17) is 10.00 Å². The van der Waals surface area contributed by atoms with Gasteiger partial charge in [0.2, 0.25) is 0 Å². The predicted molar refractivity (Wildman–Crippen MR) is 93.6 cm³/mol. The Morgan fingerprint density at radius 2 is 1.71 bits per heavy atom. The first kappa shape index (κ1) is 17.8. The van der Waals surface area contributed by atoms with E-state index < -0.39 is 10.0 Å². The molecule has 2 aromatic carbocycles. The van der Waals surface area contributed by atoms with Gasteiger partial charge in [-0.25, -0.2) is 8.42 Å². The predicted octanol–water partition coefficient (Wildman–Crippen LogP) is 3.50. The van der Waals surface area contributed by atoms with Gasteiger partial charge < -0.3 is 4.74 Å². The molecule has 0 aromatic heterocycles. The lowest BCUT2D eigenvalue weighted by Crippen LogP contribution is -2.31. The first-order chi connectivity index (χ1) is 11.5. The average Bonchev–Trinajstić information content (AvgIpc) is 2.57. The number of rotatable bonds is 7. The summed E-state index contributed by atoms with van der Waals surface area (Å²) in [6.07, 6.45) is 0.109. The van der Waals surface area contributed by atoms with E-state index in [1.54, 1.807) is 48.5 Å². The Hall–Kier alpha value is -2.52. The highest BCUT2D eigenvalue weighted by molar-refractivity contribution is 7.92. The third kappa shape index (κ3) is 4.06. The van der Waals surface area contributed by atoms with Crippen LogP contribution in [0.5, 0.6) is 5.75 Å². The van der Waals surface area contributed by atoms with Crippen LogP contribution in [0.4, 0.5) is 5.69 Å². The molecule has 0 fully saturated rings. The Kier molecular flexibility index (Phi) is 5.83. The van der Waals surface area contributed by atoms with E-state index in [1.807, 2.05) is 19.9 Å². The van der Waals surface area contributed by atoms with Gasteiger partial charge in [0.25, 0.3) is 10.0 Å². The summed E-state index contributed by atoms with van der Waals surface area (Å²) in [5.41, 5.74) is 1.49. The van der Waals surface area contributed by atoms with Crippen LogP contribution in [-0.2, 0) is 10.0 Å². The van der Waals surface area contributed by atoms with Crippen LogP contribution >= 0.6 is 0 Å². The van der Waals surface area contributed by atoms with Gasteiger partial charge in [-0.1, -0.05) is 17.7 Å². The molecule has 0 aliphatic rings. The van der Waals surface area contributed by atoms with Crippen molar-refractivity contribution in [1.29, 1.82) is 5.26 Å². The number of nitrogens with zero attached hydrogens (tertiary/aromatic N) is 2. The van der Waals surface area contributed by atoms with Crippen molar-refractivity contribution in [3.8, 4) is 11.8 Å². The van der Waals surface area contributed by atoms with E-state index in [0.29, 0.717) is 18.0 Å². The number of sulfonamides is 1. The number of nitriles is 1. The number of anilines is 1. The molecule has 0 aliphatic heterocycles. The van der Waals surface area contributed by atoms with Gasteiger partial charge in [-0.05, 0) is 50.2 Å². The Morgan fingerprint density at radius 3 is 2.25 bits per heavy atom. The van der Waals surface area contributed by atoms with Crippen LogP contribution in [0, 0.1) is 18.3 Å². The second-order valence-electron chi connectivity index (χ2n) is 5.23. The molecule has 24 heavy (non-hydrogen) atoms. The first-order valence-corrected chi connectivity index (χ1v) is 9.12. The summed E-state index contributed by atoms with van der Waals surface area (Å²) in [5, 5.41) is 8.86.